The van der Waals surface area contributed by atoms with Crippen molar-refractivity contribution in [3.05, 3.63) is 36.3 Å². The number of imidazole rings is 1. The Morgan fingerprint density at radius 1 is 1.19 bits per heavy atom. The maximum atomic E-state index is 12.9. The van der Waals surface area contributed by atoms with Gasteiger partial charge in [-0.1, -0.05) is 6.07 Å². The van der Waals surface area contributed by atoms with Crippen LogP contribution in [-0.2, 0) is 14.8 Å². The fourth-order valence-corrected chi connectivity index (χ4v) is 5.49. The number of fused-ring (bicyclic) bond motifs is 1. The summed E-state index contributed by atoms with van der Waals surface area (Å²) in [6, 6.07) is 5.57. The first kappa shape index (κ1) is 17.4. The van der Waals surface area contributed by atoms with Crippen molar-refractivity contribution in [2.75, 3.05) is 39.4 Å². The van der Waals surface area contributed by atoms with Crippen LogP contribution in [0.25, 0.3) is 5.65 Å². The summed E-state index contributed by atoms with van der Waals surface area (Å²) in [6.45, 7) is 2.40. The summed E-state index contributed by atoms with van der Waals surface area (Å²) in [5, 5.41) is -0.560. The van der Waals surface area contributed by atoms with Crippen LogP contribution in [0.3, 0.4) is 0 Å². The van der Waals surface area contributed by atoms with Crippen molar-refractivity contribution < 1.29 is 17.9 Å². The van der Waals surface area contributed by atoms with Crippen LogP contribution in [0.2, 0.25) is 0 Å². The normalized spacial score (nSPS) is 22.6. The Morgan fingerprint density at radius 2 is 2.00 bits per heavy atom. The second-order valence-corrected chi connectivity index (χ2v) is 8.88. The van der Waals surface area contributed by atoms with E-state index in [1.165, 1.54) is 4.31 Å². The molecule has 0 bridgehead atoms. The Hall–Kier alpha value is -1.97. The lowest BCUT2D eigenvalue weighted by molar-refractivity contribution is 0.0683. The number of likely N-dealkylation sites (tertiary alicyclic amines) is 1. The van der Waals surface area contributed by atoms with Gasteiger partial charge in [0, 0.05) is 38.6 Å². The van der Waals surface area contributed by atoms with Gasteiger partial charge >= 0.3 is 0 Å². The molecule has 1 atom stereocenters. The third-order valence-electron chi connectivity index (χ3n) is 5.00. The number of hydrogen-bond acceptors (Lipinski definition) is 5. The maximum absolute atomic E-state index is 12.9. The predicted octanol–water partition coefficient (Wildman–Crippen LogP) is 0.601. The molecule has 1 amide bonds. The first-order valence-corrected chi connectivity index (χ1v) is 10.4. The molecule has 0 saturated carbocycles. The molecule has 0 aromatic carbocycles. The van der Waals surface area contributed by atoms with E-state index in [0.717, 1.165) is 0 Å². The summed E-state index contributed by atoms with van der Waals surface area (Å²) in [5.41, 5.74) is 1.05. The highest BCUT2D eigenvalue weighted by Gasteiger charge is 2.37. The van der Waals surface area contributed by atoms with Gasteiger partial charge in [-0.15, -0.1) is 0 Å². The lowest BCUT2D eigenvalue weighted by Gasteiger charge is -2.36. The van der Waals surface area contributed by atoms with Crippen molar-refractivity contribution in [2.24, 2.45) is 0 Å². The fourth-order valence-electron chi connectivity index (χ4n) is 3.58. The van der Waals surface area contributed by atoms with Gasteiger partial charge in [0.15, 0.2) is 0 Å². The average molecular weight is 378 g/mol. The van der Waals surface area contributed by atoms with Crippen LogP contribution in [0.15, 0.2) is 30.6 Å². The monoisotopic (exact) mass is 378 g/mol. The van der Waals surface area contributed by atoms with Gasteiger partial charge in [0.25, 0.3) is 5.91 Å². The molecule has 9 heteroatoms. The summed E-state index contributed by atoms with van der Waals surface area (Å²) in [5.74, 6) is -0.212. The van der Waals surface area contributed by atoms with E-state index in [4.69, 9.17) is 4.74 Å². The standard InChI is InChI=1S/C17H22N4O4S/c22-17(15-13-19-6-2-1-5-16(19)18-15)20-7-3-4-14(12-20)26(23,24)21-8-10-25-11-9-21/h1-2,5-6,13-14H,3-4,7-12H2/t14-/m0/s1. The quantitative estimate of drug-likeness (QED) is 0.781. The molecule has 2 aromatic rings. The number of carbonyl (C=O) groups is 1. The van der Waals surface area contributed by atoms with Crippen molar-refractivity contribution in [3.63, 3.8) is 0 Å². The maximum Gasteiger partial charge on any atom is 0.274 e. The fraction of sp³-hybridized carbons (Fsp3) is 0.529. The van der Waals surface area contributed by atoms with Crippen LogP contribution < -0.4 is 0 Å². The Bertz CT molecular complexity index is 871. The Kier molecular flexibility index (Phi) is 4.68. The van der Waals surface area contributed by atoms with Gasteiger partial charge < -0.3 is 14.0 Å². The molecule has 26 heavy (non-hydrogen) atoms. The Morgan fingerprint density at radius 3 is 2.77 bits per heavy atom. The van der Waals surface area contributed by atoms with E-state index in [2.05, 4.69) is 4.98 Å². The summed E-state index contributed by atoms with van der Waals surface area (Å²) < 4.78 is 34.3. The molecular formula is C17H22N4O4S. The molecule has 2 saturated heterocycles. The molecule has 4 heterocycles. The molecule has 140 valence electrons. The van der Waals surface area contributed by atoms with E-state index in [0.29, 0.717) is 57.0 Å². The number of piperidine rings is 1. The third kappa shape index (κ3) is 3.22. The highest BCUT2D eigenvalue weighted by Crippen LogP contribution is 2.22. The van der Waals surface area contributed by atoms with E-state index < -0.39 is 15.3 Å². The number of amides is 1. The minimum Gasteiger partial charge on any atom is -0.379 e. The summed E-state index contributed by atoms with van der Waals surface area (Å²) in [7, 11) is -3.42. The Labute approximate surface area is 152 Å². The van der Waals surface area contributed by atoms with Gasteiger partial charge in [-0.3, -0.25) is 4.79 Å². The van der Waals surface area contributed by atoms with Gasteiger partial charge in [-0.25, -0.2) is 13.4 Å². The third-order valence-corrected chi connectivity index (χ3v) is 7.31. The molecule has 0 aliphatic carbocycles. The molecule has 2 aliphatic heterocycles. The van der Waals surface area contributed by atoms with Crippen LogP contribution in [-0.4, -0.2) is 77.6 Å². The van der Waals surface area contributed by atoms with E-state index in [1.54, 1.807) is 15.5 Å². The number of rotatable bonds is 3. The Balaban J connectivity index is 1.51. The molecule has 0 spiro atoms. The van der Waals surface area contributed by atoms with Crippen LogP contribution >= 0.6 is 0 Å². The average Bonchev–Trinajstić information content (AvgIpc) is 3.12. The molecule has 8 nitrogen and oxygen atoms in total. The first-order valence-electron chi connectivity index (χ1n) is 8.85. The van der Waals surface area contributed by atoms with Crippen LogP contribution in [0.4, 0.5) is 0 Å². The first-order chi connectivity index (χ1) is 12.6. The second kappa shape index (κ2) is 6.98. The predicted molar refractivity (Wildman–Crippen MR) is 95.4 cm³/mol. The number of nitrogens with zero attached hydrogens (tertiary/aromatic N) is 4. The summed E-state index contributed by atoms with van der Waals surface area (Å²) >= 11 is 0. The van der Waals surface area contributed by atoms with Crippen molar-refractivity contribution >= 4 is 21.6 Å². The molecular weight excluding hydrogens is 356 g/mol. The topological polar surface area (TPSA) is 84.2 Å². The number of sulfonamides is 1. The number of carbonyl (C=O) groups excluding carboxylic acids is 1. The van der Waals surface area contributed by atoms with E-state index in [1.807, 2.05) is 24.4 Å². The number of ether oxygens (including phenoxy) is 1. The van der Waals surface area contributed by atoms with E-state index in [9.17, 15) is 13.2 Å². The van der Waals surface area contributed by atoms with Gasteiger partial charge in [0.05, 0.1) is 18.5 Å². The van der Waals surface area contributed by atoms with Crippen molar-refractivity contribution in [1.82, 2.24) is 18.6 Å². The molecule has 4 rings (SSSR count). The summed E-state index contributed by atoms with van der Waals surface area (Å²) in [4.78, 5) is 18.8. The number of morpholine rings is 1. The SMILES string of the molecule is O=C(c1cn2ccccc2n1)N1CCC[C@H](S(=O)(=O)N2CCOCC2)C1. The number of aromatic nitrogens is 2. The molecule has 0 radical (unpaired) electrons. The van der Waals surface area contributed by atoms with Crippen LogP contribution in [0.5, 0.6) is 0 Å². The van der Waals surface area contributed by atoms with Crippen molar-refractivity contribution in [3.8, 4) is 0 Å². The zero-order valence-electron chi connectivity index (χ0n) is 14.5. The number of pyridine rings is 1. The largest absolute Gasteiger partial charge is 0.379 e. The van der Waals surface area contributed by atoms with Crippen LogP contribution in [0.1, 0.15) is 23.3 Å². The highest BCUT2D eigenvalue weighted by molar-refractivity contribution is 7.89. The molecule has 0 unspecified atom stereocenters. The van der Waals surface area contributed by atoms with Crippen LogP contribution in [0, 0.1) is 0 Å². The van der Waals surface area contributed by atoms with Gasteiger partial charge in [-0.2, -0.15) is 4.31 Å². The zero-order chi connectivity index (χ0) is 18.1. The van der Waals surface area contributed by atoms with E-state index in [-0.39, 0.29) is 12.5 Å². The highest BCUT2D eigenvalue weighted by atomic mass is 32.2. The van der Waals surface area contributed by atoms with E-state index >= 15 is 0 Å². The second-order valence-electron chi connectivity index (χ2n) is 6.66. The number of hydrogen-bond donors (Lipinski definition) is 0. The molecule has 2 aromatic heterocycles. The lowest BCUT2D eigenvalue weighted by atomic mass is 10.1. The van der Waals surface area contributed by atoms with Gasteiger partial charge in [0.1, 0.15) is 11.3 Å². The lowest BCUT2D eigenvalue weighted by Crippen LogP contribution is -2.51. The van der Waals surface area contributed by atoms with Gasteiger partial charge in [-0.05, 0) is 25.0 Å². The minimum atomic E-state index is -3.42. The zero-order valence-corrected chi connectivity index (χ0v) is 15.3. The van der Waals surface area contributed by atoms with Crippen molar-refractivity contribution in [1.29, 1.82) is 0 Å². The van der Waals surface area contributed by atoms with Gasteiger partial charge in [0.2, 0.25) is 10.0 Å². The summed E-state index contributed by atoms with van der Waals surface area (Å²) in [6.07, 6.45) is 4.78. The molecule has 0 N–H and O–H groups in total. The molecule has 2 fully saturated rings. The minimum absolute atomic E-state index is 0.212. The smallest absolute Gasteiger partial charge is 0.274 e. The van der Waals surface area contributed by atoms with Crippen molar-refractivity contribution in [2.45, 2.75) is 18.1 Å². The molecule has 2 aliphatic rings.